The highest BCUT2D eigenvalue weighted by Gasteiger charge is 2.23. The fraction of sp³-hybridized carbons (Fsp3) is 0.409. The maximum Gasteiger partial charge on any atom is 0.265 e. The fourth-order valence-electron chi connectivity index (χ4n) is 3.30. The molecule has 28 heavy (non-hydrogen) atoms. The number of ether oxygens (including phenoxy) is 1. The van der Waals surface area contributed by atoms with Gasteiger partial charge in [-0.05, 0) is 18.1 Å². The van der Waals surface area contributed by atoms with Gasteiger partial charge in [-0.25, -0.2) is 0 Å². The molecule has 0 aromatic heterocycles. The molecular formula is C22H30ClN3O2. The number of aryl methyl sites for hydroxylation is 1. The van der Waals surface area contributed by atoms with Gasteiger partial charge in [-0.15, -0.1) is 12.4 Å². The molecule has 0 radical (unpaired) electrons. The summed E-state index contributed by atoms with van der Waals surface area (Å²) in [6.45, 7) is 7.65. The number of carbonyl (C=O) groups is 1. The smallest absolute Gasteiger partial charge is 0.265 e. The third-order valence-electron chi connectivity index (χ3n) is 4.88. The third kappa shape index (κ3) is 6.23. The largest absolute Gasteiger partial charge is 0.476 e. The Hall–Kier alpha value is -2.08. The predicted octanol–water partition coefficient (Wildman–Crippen LogP) is 2.81. The Morgan fingerprint density at radius 2 is 1.79 bits per heavy atom. The summed E-state index contributed by atoms with van der Waals surface area (Å²) in [5.41, 5.74) is 1.97. The Kier molecular flexibility index (Phi) is 9.28. The molecule has 1 aliphatic rings. The molecule has 1 atom stereocenters. The molecular weight excluding hydrogens is 374 g/mol. The molecule has 0 bridgehead atoms. The minimum absolute atomic E-state index is 0. The molecule has 1 unspecified atom stereocenters. The SMILES string of the molecule is CCc1ccccc1OC(C(=O)NCCN1CCNCC1)c1ccccc1.Cl. The number of piperazine rings is 1. The van der Waals surface area contributed by atoms with E-state index in [1.807, 2.05) is 54.6 Å². The number of rotatable bonds is 8. The van der Waals surface area contributed by atoms with E-state index in [0.717, 1.165) is 56.0 Å². The summed E-state index contributed by atoms with van der Waals surface area (Å²) < 4.78 is 6.19. The summed E-state index contributed by atoms with van der Waals surface area (Å²) in [4.78, 5) is 15.3. The number of nitrogens with one attached hydrogen (secondary N) is 2. The first-order valence-corrected chi connectivity index (χ1v) is 9.78. The van der Waals surface area contributed by atoms with Crippen molar-refractivity contribution in [3.05, 3.63) is 65.7 Å². The average Bonchev–Trinajstić information content (AvgIpc) is 2.73. The number of nitrogens with zero attached hydrogens (tertiary/aromatic N) is 1. The Bertz CT molecular complexity index is 721. The van der Waals surface area contributed by atoms with Crippen molar-refractivity contribution >= 4 is 18.3 Å². The lowest BCUT2D eigenvalue weighted by molar-refractivity contribution is -0.128. The van der Waals surface area contributed by atoms with Gasteiger partial charge in [0, 0.05) is 44.8 Å². The van der Waals surface area contributed by atoms with Crippen LogP contribution < -0.4 is 15.4 Å². The molecule has 2 N–H and O–H groups in total. The van der Waals surface area contributed by atoms with Crippen molar-refractivity contribution in [3.8, 4) is 5.75 Å². The zero-order chi connectivity index (χ0) is 18.9. The van der Waals surface area contributed by atoms with Gasteiger partial charge in [0.1, 0.15) is 5.75 Å². The molecule has 5 nitrogen and oxygen atoms in total. The van der Waals surface area contributed by atoms with E-state index in [-0.39, 0.29) is 18.3 Å². The van der Waals surface area contributed by atoms with E-state index >= 15 is 0 Å². The molecule has 0 aliphatic carbocycles. The van der Waals surface area contributed by atoms with Gasteiger partial charge in [0.2, 0.25) is 6.10 Å². The van der Waals surface area contributed by atoms with Gasteiger partial charge >= 0.3 is 0 Å². The zero-order valence-electron chi connectivity index (χ0n) is 16.4. The number of amides is 1. The van der Waals surface area contributed by atoms with Crippen molar-refractivity contribution in [2.45, 2.75) is 19.4 Å². The molecule has 6 heteroatoms. The summed E-state index contributed by atoms with van der Waals surface area (Å²) in [6.07, 6.45) is 0.212. The van der Waals surface area contributed by atoms with E-state index in [1.54, 1.807) is 0 Å². The highest BCUT2D eigenvalue weighted by atomic mass is 35.5. The monoisotopic (exact) mass is 403 g/mol. The van der Waals surface area contributed by atoms with Crippen LogP contribution in [-0.4, -0.2) is 50.1 Å². The van der Waals surface area contributed by atoms with Crippen molar-refractivity contribution in [1.82, 2.24) is 15.5 Å². The number of benzene rings is 2. The van der Waals surface area contributed by atoms with Crippen molar-refractivity contribution in [2.75, 3.05) is 39.3 Å². The lowest BCUT2D eigenvalue weighted by Crippen LogP contribution is -2.46. The number of carbonyl (C=O) groups excluding carboxylic acids is 1. The summed E-state index contributed by atoms with van der Waals surface area (Å²) in [6, 6.07) is 17.6. The van der Waals surface area contributed by atoms with Crippen LogP contribution in [0.15, 0.2) is 54.6 Å². The van der Waals surface area contributed by atoms with Crippen LogP contribution in [0.3, 0.4) is 0 Å². The molecule has 3 rings (SSSR count). The number of hydrogen-bond acceptors (Lipinski definition) is 4. The Labute approximate surface area is 173 Å². The second kappa shape index (κ2) is 11.7. The minimum Gasteiger partial charge on any atom is -0.476 e. The van der Waals surface area contributed by atoms with Crippen LogP contribution in [0.25, 0.3) is 0 Å². The third-order valence-corrected chi connectivity index (χ3v) is 4.88. The number of para-hydroxylation sites is 1. The number of halogens is 1. The molecule has 0 spiro atoms. The van der Waals surface area contributed by atoms with E-state index < -0.39 is 6.10 Å². The first kappa shape index (κ1) is 22.2. The normalized spacial score (nSPS) is 15.3. The van der Waals surface area contributed by atoms with Crippen molar-refractivity contribution < 1.29 is 9.53 Å². The predicted molar refractivity (Wildman–Crippen MR) is 115 cm³/mol. The van der Waals surface area contributed by atoms with Crippen molar-refractivity contribution in [2.24, 2.45) is 0 Å². The van der Waals surface area contributed by atoms with Gasteiger partial charge in [-0.1, -0.05) is 55.5 Å². The summed E-state index contributed by atoms with van der Waals surface area (Å²) in [7, 11) is 0. The summed E-state index contributed by atoms with van der Waals surface area (Å²) >= 11 is 0. The van der Waals surface area contributed by atoms with Crippen LogP contribution in [-0.2, 0) is 11.2 Å². The molecule has 1 amide bonds. The van der Waals surface area contributed by atoms with Gasteiger partial charge in [-0.3, -0.25) is 9.69 Å². The molecule has 2 aromatic carbocycles. The molecule has 152 valence electrons. The first-order chi connectivity index (χ1) is 13.3. The van der Waals surface area contributed by atoms with Gasteiger partial charge < -0.3 is 15.4 Å². The lowest BCUT2D eigenvalue weighted by Gasteiger charge is -2.27. The van der Waals surface area contributed by atoms with Crippen LogP contribution in [0.5, 0.6) is 5.75 Å². The minimum atomic E-state index is -0.651. The summed E-state index contributed by atoms with van der Waals surface area (Å²) in [5, 5.41) is 6.40. The maximum atomic E-state index is 12.9. The quantitative estimate of drug-likeness (QED) is 0.711. The van der Waals surface area contributed by atoms with E-state index in [4.69, 9.17) is 4.74 Å². The lowest BCUT2D eigenvalue weighted by atomic mass is 10.1. The number of hydrogen-bond donors (Lipinski definition) is 2. The highest BCUT2D eigenvalue weighted by Crippen LogP contribution is 2.26. The molecule has 0 saturated carbocycles. The Morgan fingerprint density at radius 1 is 1.11 bits per heavy atom. The Morgan fingerprint density at radius 3 is 2.50 bits per heavy atom. The van der Waals surface area contributed by atoms with E-state index in [9.17, 15) is 4.79 Å². The topological polar surface area (TPSA) is 53.6 Å². The summed E-state index contributed by atoms with van der Waals surface area (Å²) in [5.74, 6) is 0.674. The van der Waals surface area contributed by atoms with E-state index in [1.165, 1.54) is 0 Å². The van der Waals surface area contributed by atoms with E-state index in [2.05, 4.69) is 22.5 Å². The highest BCUT2D eigenvalue weighted by molar-refractivity contribution is 5.85. The zero-order valence-corrected chi connectivity index (χ0v) is 17.2. The van der Waals surface area contributed by atoms with Crippen LogP contribution >= 0.6 is 12.4 Å². The standard InChI is InChI=1S/C22H29N3O2.ClH/c1-2-18-8-6-7-11-20(18)27-21(19-9-4-3-5-10-19)22(26)24-14-17-25-15-12-23-13-16-25;/h3-11,21,23H,2,12-17H2,1H3,(H,24,26);1H. The Balaban J connectivity index is 0.00000280. The van der Waals surface area contributed by atoms with Gasteiger partial charge in [-0.2, -0.15) is 0 Å². The molecule has 1 fully saturated rings. The molecule has 1 heterocycles. The van der Waals surface area contributed by atoms with Crippen LogP contribution in [0.4, 0.5) is 0 Å². The molecule has 2 aromatic rings. The van der Waals surface area contributed by atoms with Gasteiger partial charge in [0.15, 0.2) is 0 Å². The molecule has 1 saturated heterocycles. The van der Waals surface area contributed by atoms with Gasteiger partial charge in [0.25, 0.3) is 5.91 Å². The first-order valence-electron chi connectivity index (χ1n) is 9.78. The van der Waals surface area contributed by atoms with Crippen LogP contribution in [0.2, 0.25) is 0 Å². The second-order valence-corrected chi connectivity index (χ2v) is 6.75. The van der Waals surface area contributed by atoms with Gasteiger partial charge in [0.05, 0.1) is 0 Å². The second-order valence-electron chi connectivity index (χ2n) is 6.75. The fourth-order valence-corrected chi connectivity index (χ4v) is 3.30. The van der Waals surface area contributed by atoms with Crippen LogP contribution in [0, 0.1) is 0 Å². The van der Waals surface area contributed by atoms with Crippen LogP contribution in [0.1, 0.15) is 24.2 Å². The van der Waals surface area contributed by atoms with Crippen molar-refractivity contribution in [3.63, 3.8) is 0 Å². The molecule has 1 aliphatic heterocycles. The van der Waals surface area contributed by atoms with E-state index in [0.29, 0.717) is 6.54 Å². The maximum absolute atomic E-state index is 12.9. The van der Waals surface area contributed by atoms with Crippen molar-refractivity contribution in [1.29, 1.82) is 0 Å². The average molecular weight is 404 g/mol.